The van der Waals surface area contributed by atoms with Crippen LogP contribution in [0.15, 0.2) is 24.3 Å². The predicted octanol–water partition coefficient (Wildman–Crippen LogP) is 12.9. The molecule has 0 aromatic carbocycles. The Morgan fingerprint density at radius 1 is 0.542 bits per heavy atom. The van der Waals surface area contributed by atoms with Crippen molar-refractivity contribution < 1.29 is 77.5 Å². The highest BCUT2D eigenvalue weighted by molar-refractivity contribution is 5.69. The molecule has 0 saturated carbocycles. The summed E-state index contributed by atoms with van der Waals surface area (Å²) in [5.41, 5.74) is 0. The van der Waals surface area contributed by atoms with Crippen molar-refractivity contribution in [1.29, 1.82) is 0 Å². The first kappa shape index (κ1) is 56.6. The largest absolute Gasteiger partial charge is 0.465 e. The standard InChI is InChI=1S/C42H68F10O7/c1-2-3-4-5-6-7-8-9-10-11-12-13-14-15-20-25-36(54)58-33-35(32-53)34-59-37(55)26-27-38(56-30-23-18-16-21-28-39(43,44)41(47,48)49)57-31-24-19-17-22-29-40(45,46)42(50,51)52/h6-7,9-10,35,38,53H,2-5,8,11-34H2,1H3/b7-6-,10-9-. The maximum absolute atomic E-state index is 13.1. The van der Waals surface area contributed by atoms with Gasteiger partial charge in [0.25, 0.3) is 0 Å². The van der Waals surface area contributed by atoms with Crippen molar-refractivity contribution in [3.63, 3.8) is 0 Å². The van der Waals surface area contributed by atoms with Crippen molar-refractivity contribution in [1.82, 2.24) is 0 Å². The van der Waals surface area contributed by atoms with E-state index in [0.29, 0.717) is 6.42 Å². The molecule has 7 nitrogen and oxygen atoms in total. The van der Waals surface area contributed by atoms with Crippen molar-refractivity contribution >= 4 is 11.9 Å². The molecule has 17 heteroatoms. The molecule has 0 aliphatic heterocycles. The molecule has 0 heterocycles. The zero-order chi connectivity index (χ0) is 44.5. The average Bonchev–Trinajstić information content (AvgIpc) is 3.16. The number of hydrogen-bond donors (Lipinski definition) is 1. The smallest absolute Gasteiger partial charge is 0.453 e. The van der Waals surface area contributed by atoms with Gasteiger partial charge >= 0.3 is 36.1 Å². The summed E-state index contributed by atoms with van der Waals surface area (Å²) >= 11 is 0. The second-order valence-electron chi connectivity index (χ2n) is 14.8. The Morgan fingerprint density at radius 3 is 1.44 bits per heavy atom. The van der Waals surface area contributed by atoms with E-state index in [1.54, 1.807) is 0 Å². The lowest BCUT2D eigenvalue weighted by molar-refractivity contribution is -0.284. The number of carbonyl (C=O) groups excluding carboxylic acids is 2. The van der Waals surface area contributed by atoms with Gasteiger partial charge in [0.2, 0.25) is 0 Å². The van der Waals surface area contributed by atoms with E-state index in [1.165, 1.54) is 19.3 Å². The average molecular weight is 875 g/mol. The molecular formula is C42H68F10O7. The van der Waals surface area contributed by atoms with Gasteiger partial charge in [-0.2, -0.15) is 43.9 Å². The SMILES string of the molecule is CCCCC/C=C\C/C=C\CCCCCCCC(=O)OCC(CO)COC(=O)CCC(OCCCCCCC(F)(F)C(F)(F)F)OCCCCCCC(F)(F)C(F)(F)F. The van der Waals surface area contributed by atoms with Gasteiger partial charge in [0.1, 0.15) is 0 Å². The molecule has 59 heavy (non-hydrogen) atoms. The summed E-state index contributed by atoms with van der Waals surface area (Å²) in [5, 5.41) is 9.68. The molecule has 1 atom stereocenters. The second kappa shape index (κ2) is 33.3. The molecule has 0 saturated heterocycles. The minimum absolute atomic E-state index is 0.00896. The van der Waals surface area contributed by atoms with Gasteiger partial charge in [-0.1, -0.05) is 89.0 Å². The Morgan fingerprint density at radius 2 is 0.966 bits per heavy atom. The van der Waals surface area contributed by atoms with E-state index in [4.69, 9.17) is 18.9 Å². The summed E-state index contributed by atoms with van der Waals surface area (Å²) in [6, 6.07) is 0. The normalized spacial score (nSPS) is 13.6. The second-order valence-corrected chi connectivity index (χ2v) is 14.8. The third kappa shape index (κ3) is 31.2. The van der Waals surface area contributed by atoms with E-state index in [9.17, 15) is 58.6 Å². The van der Waals surface area contributed by atoms with E-state index in [0.717, 1.165) is 44.9 Å². The van der Waals surface area contributed by atoms with Crippen molar-refractivity contribution in [3.8, 4) is 0 Å². The minimum atomic E-state index is -5.62. The number of carbonyl (C=O) groups is 2. The molecular weight excluding hydrogens is 806 g/mol. The van der Waals surface area contributed by atoms with Gasteiger partial charge in [0, 0.05) is 38.9 Å². The summed E-state index contributed by atoms with van der Waals surface area (Å²) in [7, 11) is 0. The lowest BCUT2D eigenvalue weighted by Gasteiger charge is -2.20. The number of hydrogen-bond acceptors (Lipinski definition) is 7. The lowest BCUT2D eigenvalue weighted by atomic mass is 10.1. The van der Waals surface area contributed by atoms with E-state index in [-0.39, 0.29) is 97.1 Å². The summed E-state index contributed by atoms with van der Waals surface area (Å²) in [6.45, 7) is 1.40. The molecule has 1 N–H and O–H groups in total. The number of halogens is 10. The fourth-order valence-corrected chi connectivity index (χ4v) is 5.57. The minimum Gasteiger partial charge on any atom is -0.465 e. The summed E-state index contributed by atoms with van der Waals surface area (Å²) in [6.07, 6.45) is 5.98. The van der Waals surface area contributed by atoms with Crippen LogP contribution in [0.3, 0.4) is 0 Å². The number of rotatable bonds is 38. The zero-order valence-corrected chi connectivity index (χ0v) is 34.6. The fraction of sp³-hybridized carbons (Fsp3) is 0.857. The van der Waals surface area contributed by atoms with Crippen molar-refractivity contribution in [2.45, 2.75) is 192 Å². The van der Waals surface area contributed by atoms with Crippen LogP contribution >= 0.6 is 0 Å². The number of ether oxygens (including phenoxy) is 4. The molecule has 0 aromatic heterocycles. The van der Waals surface area contributed by atoms with E-state index >= 15 is 0 Å². The number of alkyl halides is 10. The molecule has 348 valence electrons. The third-order valence-electron chi connectivity index (χ3n) is 9.34. The Labute approximate surface area is 344 Å². The summed E-state index contributed by atoms with van der Waals surface area (Å²) < 4.78 is 148. The van der Waals surface area contributed by atoms with Crippen LogP contribution in [0.2, 0.25) is 0 Å². The van der Waals surface area contributed by atoms with Crippen LogP contribution in [0.5, 0.6) is 0 Å². The third-order valence-corrected chi connectivity index (χ3v) is 9.34. The number of esters is 2. The highest BCUT2D eigenvalue weighted by Gasteiger charge is 2.57. The van der Waals surface area contributed by atoms with Gasteiger partial charge in [-0.15, -0.1) is 0 Å². The molecule has 0 aliphatic carbocycles. The first-order valence-corrected chi connectivity index (χ1v) is 21.2. The molecule has 0 aliphatic rings. The van der Waals surface area contributed by atoms with Crippen LogP contribution in [-0.2, 0) is 28.5 Å². The molecule has 1 unspecified atom stereocenters. The summed E-state index contributed by atoms with van der Waals surface area (Å²) in [4.78, 5) is 24.6. The zero-order valence-electron chi connectivity index (χ0n) is 34.6. The first-order chi connectivity index (χ1) is 27.9. The van der Waals surface area contributed by atoms with Gasteiger partial charge in [0.15, 0.2) is 6.29 Å². The van der Waals surface area contributed by atoms with Crippen molar-refractivity contribution in [3.05, 3.63) is 24.3 Å². The number of aliphatic hydroxyl groups excluding tert-OH is 1. The van der Waals surface area contributed by atoms with Crippen LogP contribution < -0.4 is 0 Å². The van der Waals surface area contributed by atoms with Gasteiger partial charge < -0.3 is 24.1 Å². The number of aliphatic hydroxyl groups is 1. The topological polar surface area (TPSA) is 91.3 Å². The van der Waals surface area contributed by atoms with Gasteiger partial charge in [0.05, 0.1) is 32.2 Å². The molecule has 0 spiro atoms. The Balaban J connectivity index is 4.49. The van der Waals surface area contributed by atoms with Crippen LogP contribution in [0.4, 0.5) is 43.9 Å². The van der Waals surface area contributed by atoms with Crippen LogP contribution in [-0.4, -0.2) is 80.6 Å². The quantitative estimate of drug-likeness (QED) is 0.0217. The predicted molar refractivity (Wildman–Crippen MR) is 205 cm³/mol. The number of unbranched alkanes of at least 4 members (excludes halogenated alkanes) is 14. The van der Waals surface area contributed by atoms with Gasteiger partial charge in [-0.3, -0.25) is 9.59 Å². The van der Waals surface area contributed by atoms with Gasteiger partial charge in [-0.05, 0) is 64.2 Å². The monoisotopic (exact) mass is 874 g/mol. The Hall–Kier alpha value is -2.40. The van der Waals surface area contributed by atoms with E-state index in [1.807, 2.05) is 0 Å². The van der Waals surface area contributed by atoms with Crippen molar-refractivity contribution in [2.75, 3.05) is 33.0 Å². The number of allylic oxidation sites excluding steroid dienone is 4. The lowest BCUT2D eigenvalue weighted by Crippen LogP contribution is -2.36. The Kier molecular flexibility index (Phi) is 31.9. The van der Waals surface area contributed by atoms with Crippen LogP contribution in [0, 0.1) is 5.92 Å². The van der Waals surface area contributed by atoms with Gasteiger partial charge in [-0.25, -0.2) is 0 Å². The van der Waals surface area contributed by atoms with Crippen LogP contribution in [0.25, 0.3) is 0 Å². The van der Waals surface area contributed by atoms with Crippen molar-refractivity contribution in [2.24, 2.45) is 5.92 Å². The molecule has 0 aromatic rings. The maximum Gasteiger partial charge on any atom is 0.453 e. The molecule has 0 bridgehead atoms. The maximum atomic E-state index is 13.1. The fourth-order valence-electron chi connectivity index (χ4n) is 5.57. The highest BCUT2D eigenvalue weighted by atomic mass is 19.4. The van der Waals surface area contributed by atoms with E-state index in [2.05, 4.69) is 31.2 Å². The summed E-state index contributed by atoms with van der Waals surface area (Å²) in [5.74, 6) is -11.3. The molecule has 0 amide bonds. The van der Waals surface area contributed by atoms with Crippen LogP contribution in [0.1, 0.15) is 161 Å². The molecule has 0 rings (SSSR count). The highest BCUT2D eigenvalue weighted by Crippen LogP contribution is 2.40. The molecule has 0 fully saturated rings. The molecule has 0 radical (unpaired) electrons. The Bertz CT molecular complexity index is 1070. The van der Waals surface area contributed by atoms with E-state index < -0.39 is 67.8 Å². The first-order valence-electron chi connectivity index (χ1n) is 21.2.